The van der Waals surface area contributed by atoms with Crippen LogP contribution in [0, 0.1) is 5.92 Å². The van der Waals surface area contributed by atoms with Crippen molar-refractivity contribution in [2.24, 2.45) is 34.6 Å². The molecule has 2 aromatic carbocycles. The number of carboxylic acid groups (broad SMARTS) is 2. The Kier molecular flexibility index (Phi) is 27.0. The van der Waals surface area contributed by atoms with Gasteiger partial charge in [-0.2, -0.15) is 0 Å². The van der Waals surface area contributed by atoms with Crippen LogP contribution in [0.5, 0.6) is 5.75 Å². The van der Waals surface area contributed by atoms with Gasteiger partial charge in [0.15, 0.2) is 0 Å². The maximum atomic E-state index is 13.9. The van der Waals surface area contributed by atoms with E-state index in [1.54, 1.807) is 30.3 Å². The highest BCUT2D eigenvalue weighted by molar-refractivity contribution is 6.01. The molecular formula is C48H67N13O18. The summed E-state index contributed by atoms with van der Waals surface area (Å²) in [5.41, 5.74) is 28.1. The normalized spacial score (nSPS) is 14.3. The van der Waals surface area contributed by atoms with E-state index in [0.29, 0.717) is 11.1 Å². The van der Waals surface area contributed by atoms with Crippen molar-refractivity contribution in [3.05, 3.63) is 65.7 Å². The van der Waals surface area contributed by atoms with E-state index in [4.69, 9.17) is 33.8 Å². The third-order valence-electron chi connectivity index (χ3n) is 11.4. The Balaban J connectivity index is 2.42. The maximum absolute atomic E-state index is 13.9. The number of phenols is 1. The minimum absolute atomic E-state index is 0.154. The Bertz CT molecular complexity index is 2550. The quantitative estimate of drug-likeness (QED) is 0.0305. The first kappa shape index (κ1) is 65.9. The predicted molar refractivity (Wildman–Crippen MR) is 272 cm³/mol. The number of nitrogens with two attached hydrogens (primary N) is 5. The lowest BCUT2D eigenvalue weighted by atomic mass is 10.0. The summed E-state index contributed by atoms with van der Waals surface area (Å²) >= 11 is 0. The lowest BCUT2D eigenvalue weighted by Gasteiger charge is -2.27. The molecule has 9 atom stereocenters. The molecule has 0 aliphatic rings. The average molecular weight is 1110 g/mol. The predicted octanol–water partition coefficient (Wildman–Crippen LogP) is -7.13. The zero-order valence-corrected chi connectivity index (χ0v) is 42.9. The highest BCUT2D eigenvalue weighted by atomic mass is 16.4. The number of phenolic OH excluding ortho intramolecular Hbond substituents is 1. The van der Waals surface area contributed by atoms with E-state index in [2.05, 4.69) is 42.5 Å². The van der Waals surface area contributed by atoms with Crippen molar-refractivity contribution in [3.8, 4) is 5.75 Å². The summed E-state index contributed by atoms with van der Waals surface area (Å²) in [6, 6.07) is -2.53. The van der Waals surface area contributed by atoms with Crippen molar-refractivity contribution >= 4 is 82.8 Å². The first-order valence-corrected chi connectivity index (χ1v) is 24.2. The summed E-state index contributed by atoms with van der Waals surface area (Å²) in [5.74, 6) is -17.9. The van der Waals surface area contributed by atoms with E-state index in [-0.39, 0.29) is 25.0 Å². The second-order valence-electron chi connectivity index (χ2n) is 18.3. The van der Waals surface area contributed by atoms with Crippen LogP contribution in [0.4, 0.5) is 0 Å². The molecule has 79 heavy (non-hydrogen) atoms. The third kappa shape index (κ3) is 24.1. The Morgan fingerprint density at radius 3 is 1.22 bits per heavy atom. The second kappa shape index (κ2) is 32.4. The summed E-state index contributed by atoms with van der Waals surface area (Å²) < 4.78 is 0. The van der Waals surface area contributed by atoms with Gasteiger partial charge in [-0.15, -0.1) is 0 Å². The summed E-state index contributed by atoms with van der Waals surface area (Å²) in [6.07, 6.45) is -5.75. The van der Waals surface area contributed by atoms with Crippen molar-refractivity contribution in [2.75, 3.05) is 6.61 Å². The lowest BCUT2D eigenvalue weighted by Crippen LogP contribution is -2.61. The fourth-order valence-electron chi connectivity index (χ4n) is 7.21. The van der Waals surface area contributed by atoms with Crippen LogP contribution in [0.2, 0.25) is 0 Å². The molecule has 12 amide bonds. The van der Waals surface area contributed by atoms with E-state index in [1.807, 2.05) is 0 Å². The number of rotatable bonds is 35. The molecule has 0 unspecified atom stereocenters. The number of primary amides is 4. The minimum Gasteiger partial charge on any atom is -0.508 e. The molecule has 0 aliphatic heterocycles. The Morgan fingerprint density at radius 2 is 0.810 bits per heavy atom. The van der Waals surface area contributed by atoms with Gasteiger partial charge < -0.3 is 91.6 Å². The van der Waals surface area contributed by atoms with Crippen molar-refractivity contribution in [2.45, 2.75) is 126 Å². The van der Waals surface area contributed by atoms with Gasteiger partial charge in [-0.3, -0.25) is 62.3 Å². The molecule has 2 aromatic rings. The minimum atomic E-state index is -2.05. The summed E-state index contributed by atoms with van der Waals surface area (Å²) in [6.45, 7) is 1.84. The molecule has 0 radical (unpaired) electrons. The number of carbonyl (C=O) groups is 14. The molecule has 0 spiro atoms. The van der Waals surface area contributed by atoms with E-state index in [9.17, 15) is 82.4 Å². The number of aliphatic hydroxyl groups is 1. The van der Waals surface area contributed by atoms with Crippen LogP contribution in [-0.2, 0) is 80.0 Å². The standard InChI is InChI=1S/C48H67N13O18/c1-22(2)39(48(78)79)61-46(76)29(16-23-6-4-3-5-7-23)56-44(74)32(20-37(53)67)58-45(75)31(19-36(52)66)57-41(71)27(13-14-34(50)64)54-43(73)30(18-35(51)65)59-47(77)33(21-62)60-42(72)28(17-24-8-10-25(63)11-9-24)55-40(70)26(49)12-15-38(68)69/h3-11,22,26-33,39,62-63H,12-21,49H2,1-2H3,(H2,50,64)(H2,51,65)(H2,52,66)(H2,53,67)(H,54,73)(H,55,70)(H,56,74)(H,57,71)(H,58,75)(H,59,77)(H,60,72)(H,61,76)(H,68,69)(H,78,79)/t26-,27-,28-,29-,30-,31-,32-,33-,39-/m0/s1. The zero-order chi connectivity index (χ0) is 59.7. The van der Waals surface area contributed by atoms with E-state index >= 15 is 0 Å². The molecule has 31 heteroatoms. The number of nitrogens with one attached hydrogen (secondary N) is 8. The summed E-state index contributed by atoms with van der Waals surface area (Å²) in [7, 11) is 0. The van der Waals surface area contributed by atoms with Gasteiger partial charge in [0.05, 0.1) is 31.9 Å². The number of aromatic hydroxyl groups is 1. The van der Waals surface area contributed by atoms with Crippen LogP contribution in [0.25, 0.3) is 0 Å². The fraction of sp³-hybridized carbons (Fsp3) is 0.458. The molecule has 432 valence electrons. The van der Waals surface area contributed by atoms with Gasteiger partial charge in [-0.05, 0) is 42.0 Å². The number of benzene rings is 2. The van der Waals surface area contributed by atoms with E-state index in [1.165, 1.54) is 38.1 Å². The number of amides is 12. The molecule has 0 bridgehead atoms. The van der Waals surface area contributed by atoms with Crippen LogP contribution in [0.15, 0.2) is 54.6 Å². The Labute approximate surface area is 450 Å². The largest absolute Gasteiger partial charge is 0.508 e. The molecule has 2 rings (SSSR count). The highest BCUT2D eigenvalue weighted by Gasteiger charge is 2.37. The smallest absolute Gasteiger partial charge is 0.326 e. The molecule has 22 N–H and O–H groups in total. The Hall–Kier alpha value is -9.26. The second-order valence-corrected chi connectivity index (χ2v) is 18.3. The molecule has 0 fully saturated rings. The molecular weight excluding hydrogens is 1050 g/mol. The number of carboxylic acids is 2. The zero-order valence-electron chi connectivity index (χ0n) is 42.9. The molecule has 0 aliphatic carbocycles. The van der Waals surface area contributed by atoms with Crippen molar-refractivity contribution in [1.82, 2.24) is 42.5 Å². The molecule has 0 saturated carbocycles. The van der Waals surface area contributed by atoms with Crippen molar-refractivity contribution < 1.29 is 87.5 Å². The third-order valence-corrected chi connectivity index (χ3v) is 11.4. The van der Waals surface area contributed by atoms with E-state index in [0.717, 1.165) is 0 Å². The van der Waals surface area contributed by atoms with Crippen LogP contribution in [0.1, 0.15) is 69.9 Å². The highest BCUT2D eigenvalue weighted by Crippen LogP contribution is 2.13. The Morgan fingerprint density at radius 1 is 0.443 bits per heavy atom. The molecule has 0 saturated heterocycles. The topological polar surface area (TPSA) is 546 Å². The first-order valence-electron chi connectivity index (χ1n) is 24.2. The van der Waals surface area contributed by atoms with Gasteiger partial charge in [0, 0.05) is 25.7 Å². The average Bonchev–Trinajstić information content (AvgIpc) is 3.36. The van der Waals surface area contributed by atoms with E-state index < -0.39 is 188 Å². The number of carbonyl (C=O) groups excluding carboxylic acids is 12. The number of aliphatic hydroxyl groups excluding tert-OH is 1. The van der Waals surface area contributed by atoms with Gasteiger partial charge in [-0.1, -0.05) is 56.3 Å². The molecule has 0 heterocycles. The van der Waals surface area contributed by atoms with Crippen LogP contribution < -0.4 is 71.2 Å². The van der Waals surface area contributed by atoms with Gasteiger partial charge in [0.2, 0.25) is 70.9 Å². The monoisotopic (exact) mass is 1110 g/mol. The van der Waals surface area contributed by atoms with Crippen molar-refractivity contribution in [3.63, 3.8) is 0 Å². The van der Waals surface area contributed by atoms with Crippen molar-refractivity contribution in [1.29, 1.82) is 0 Å². The molecule has 31 nitrogen and oxygen atoms in total. The number of aliphatic carboxylic acids is 2. The van der Waals surface area contributed by atoms with Crippen LogP contribution in [-0.4, -0.2) is 164 Å². The maximum Gasteiger partial charge on any atom is 0.326 e. The van der Waals surface area contributed by atoms with Gasteiger partial charge in [-0.25, -0.2) is 4.79 Å². The lowest BCUT2D eigenvalue weighted by molar-refractivity contribution is -0.143. The van der Waals surface area contributed by atoms with Gasteiger partial charge in [0.25, 0.3) is 0 Å². The first-order chi connectivity index (χ1) is 37.0. The fourth-order valence-corrected chi connectivity index (χ4v) is 7.21. The summed E-state index contributed by atoms with van der Waals surface area (Å²) in [5, 5.41) is 56.3. The number of hydrogen-bond acceptors (Lipinski definition) is 17. The SMILES string of the molecule is CC(C)[C@H](NC(=O)[C@H](Cc1ccccc1)NC(=O)[C@H](CC(N)=O)NC(=O)[C@H](CC(N)=O)NC(=O)[C@H](CCC(N)=O)NC(=O)[C@H](CC(N)=O)NC(=O)[C@H](CO)NC(=O)[C@H](Cc1ccc(O)cc1)NC(=O)[C@@H](N)CCC(=O)O)C(=O)O. The van der Waals surface area contributed by atoms with Crippen LogP contribution in [0.3, 0.4) is 0 Å². The number of hydrogen-bond donors (Lipinski definition) is 17. The molecule has 0 aromatic heterocycles. The van der Waals surface area contributed by atoms with Gasteiger partial charge in [0.1, 0.15) is 54.1 Å². The van der Waals surface area contributed by atoms with Crippen LogP contribution >= 0.6 is 0 Å². The summed E-state index contributed by atoms with van der Waals surface area (Å²) in [4.78, 5) is 181. The van der Waals surface area contributed by atoms with Gasteiger partial charge >= 0.3 is 11.9 Å².